The van der Waals surface area contributed by atoms with Gasteiger partial charge in [0.25, 0.3) is 0 Å². The molecule has 0 amide bonds. The van der Waals surface area contributed by atoms with E-state index in [0.29, 0.717) is 17.7 Å². The first kappa shape index (κ1) is 13.1. The fraction of sp³-hybridized carbons (Fsp3) is 0.533. The van der Waals surface area contributed by atoms with Crippen LogP contribution in [0.15, 0.2) is 22.7 Å². The molecule has 102 valence electrons. The molecule has 1 aliphatic heterocycles. The van der Waals surface area contributed by atoms with E-state index < -0.39 is 5.60 Å². The number of fused-ring (bicyclic) bond motifs is 1. The van der Waals surface area contributed by atoms with Crippen molar-refractivity contribution in [3.63, 3.8) is 0 Å². The van der Waals surface area contributed by atoms with Gasteiger partial charge in [-0.25, -0.2) is 0 Å². The number of rotatable bonds is 1. The molecule has 0 aromatic heterocycles. The van der Waals surface area contributed by atoms with E-state index in [-0.39, 0.29) is 11.9 Å². The first-order valence-corrected chi connectivity index (χ1v) is 7.48. The molecule has 1 aromatic rings. The minimum absolute atomic E-state index is 0.0157. The van der Waals surface area contributed by atoms with Crippen molar-refractivity contribution in [1.82, 2.24) is 0 Å². The lowest BCUT2D eigenvalue weighted by Gasteiger charge is -2.45. The van der Waals surface area contributed by atoms with Gasteiger partial charge >= 0.3 is 0 Å². The zero-order valence-corrected chi connectivity index (χ0v) is 12.5. The zero-order chi connectivity index (χ0) is 13.5. The minimum atomic E-state index is -0.453. The van der Waals surface area contributed by atoms with Gasteiger partial charge in [-0.2, -0.15) is 0 Å². The lowest BCUT2D eigenvalue weighted by molar-refractivity contribution is -0.102. The van der Waals surface area contributed by atoms with E-state index in [1.165, 1.54) is 0 Å². The molecule has 4 heteroatoms. The number of carbonyl (C=O) groups excluding carboxylic acids is 1. The quantitative estimate of drug-likeness (QED) is 0.789. The average Bonchev–Trinajstić information content (AvgIpc) is 2.40. The Morgan fingerprint density at radius 1 is 1.42 bits per heavy atom. The number of halogens is 1. The number of ketones is 1. The van der Waals surface area contributed by atoms with Gasteiger partial charge in [0, 0.05) is 11.6 Å². The number of ether oxygens (including phenoxy) is 2. The molecule has 2 atom stereocenters. The van der Waals surface area contributed by atoms with Crippen LogP contribution in [0.25, 0.3) is 0 Å². The van der Waals surface area contributed by atoms with Gasteiger partial charge in [-0.3, -0.25) is 4.79 Å². The van der Waals surface area contributed by atoms with Crippen molar-refractivity contribution in [2.45, 2.75) is 43.8 Å². The van der Waals surface area contributed by atoms with E-state index in [2.05, 4.69) is 15.9 Å². The van der Waals surface area contributed by atoms with Crippen molar-refractivity contribution in [2.24, 2.45) is 0 Å². The summed E-state index contributed by atoms with van der Waals surface area (Å²) in [4.78, 5) is 12.4. The van der Waals surface area contributed by atoms with Crippen LogP contribution >= 0.6 is 15.9 Å². The molecule has 2 aliphatic rings. The van der Waals surface area contributed by atoms with Gasteiger partial charge in [-0.15, -0.1) is 0 Å². The summed E-state index contributed by atoms with van der Waals surface area (Å²) >= 11 is 3.40. The van der Waals surface area contributed by atoms with Crippen LogP contribution in [-0.2, 0) is 4.74 Å². The predicted octanol–water partition coefficient (Wildman–Crippen LogP) is 3.74. The van der Waals surface area contributed by atoms with Gasteiger partial charge in [-0.1, -0.05) is 22.4 Å². The Kier molecular flexibility index (Phi) is 3.39. The van der Waals surface area contributed by atoms with Gasteiger partial charge in [0.1, 0.15) is 11.4 Å². The molecule has 1 saturated carbocycles. The summed E-state index contributed by atoms with van der Waals surface area (Å²) in [5.41, 5.74) is 0.227. The highest BCUT2D eigenvalue weighted by Crippen LogP contribution is 2.43. The summed E-state index contributed by atoms with van der Waals surface area (Å²) in [6.45, 7) is 0. The van der Waals surface area contributed by atoms with Crippen LogP contribution in [0.5, 0.6) is 5.75 Å². The van der Waals surface area contributed by atoms with Crippen LogP contribution in [0.1, 0.15) is 42.5 Å². The molecule has 1 heterocycles. The second-order valence-corrected chi connectivity index (χ2v) is 6.29. The van der Waals surface area contributed by atoms with Gasteiger partial charge < -0.3 is 9.47 Å². The summed E-state index contributed by atoms with van der Waals surface area (Å²) in [7, 11) is 1.71. The van der Waals surface area contributed by atoms with Crippen molar-refractivity contribution in [3.05, 3.63) is 28.2 Å². The van der Waals surface area contributed by atoms with Crippen LogP contribution in [0.3, 0.4) is 0 Å². The Labute approximate surface area is 121 Å². The molecule has 0 bridgehead atoms. The van der Waals surface area contributed by atoms with Crippen LogP contribution < -0.4 is 4.74 Å². The molecule has 1 fully saturated rings. The van der Waals surface area contributed by atoms with Gasteiger partial charge in [0.05, 0.1) is 18.1 Å². The number of hydrogen-bond donors (Lipinski definition) is 0. The summed E-state index contributed by atoms with van der Waals surface area (Å²) in [6, 6.07) is 5.63. The molecule has 3 rings (SSSR count). The van der Waals surface area contributed by atoms with Crippen molar-refractivity contribution < 1.29 is 14.3 Å². The van der Waals surface area contributed by atoms with Crippen molar-refractivity contribution >= 4 is 21.7 Å². The van der Waals surface area contributed by atoms with Crippen molar-refractivity contribution in [2.75, 3.05) is 7.11 Å². The van der Waals surface area contributed by atoms with E-state index in [1.807, 2.05) is 18.2 Å². The SMILES string of the molecule is COC1CCCCC12CC(=O)c1cc(Br)ccc1O2. The largest absolute Gasteiger partial charge is 0.483 e. The van der Waals surface area contributed by atoms with E-state index in [1.54, 1.807) is 7.11 Å². The molecular weight excluding hydrogens is 308 g/mol. The molecule has 2 unspecified atom stereocenters. The molecule has 19 heavy (non-hydrogen) atoms. The highest BCUT2D eigenvalue weighted by atomic mass is 79.9. The highest BCUT2D eigenvalue weighted by molar-refractivity contribution is 9.10. The molecule has 1 aromatic carbocycles. The van der Waals surface area contributed by atoms with Crippen molar-refractivity contribution in [1.29, 1.82) is 0 Å². The number of carbonyl (C=O) groups is 1. The summed E-state index contributed by atoms with van der Waals surface area (Å²) in [5.74, 6) is 0.856. The first-order valence-electron chi connectivity index (χ1n) is 6.69. The third-order valence-corrected chi connectivity index (χ3v) is 4.70. The third kappa shape index (κ3) is 2.21. The second-order valence-electron chi connectivity index (χ2n) is 5.38. The third-order valence-electron chi connectivity index (χ3n) is 4.20. The van der Waals surface area contributed by atoms with E-state index in [4.69, 9.17) is 9.47 Å². The maximum absolute atomic E-state index is 12.4. The second kappa shape index (κ2) is 4.91. The Morgan fingerprint density at radius 2 is 2.26 bits per heavy atom. The summed E-state index contributed by atoms with van der Waals surface area (Å²) in [5, 5.41) is 0. The smallest absolute Gasteiger partial charge is 0.170 e. The Balaban J connectivity index is 1.99. The van der Waals surface area contributed by atoms with Crippen LogP contribution in [0.2, 0.25) is 0 Å². The number of benzene rings is 1. The lowest BCUT2D eigenvalue weighted by Crippen LogP contribution is -2.54. The van der Waals surface area contributed by atoms with Gasteiger partial charge in [0.2, 0.25) is 0 Å². The summed E-state index contributed by atoms with van der Waals surface area (Å²) in [6.07, 6.45) is 4.54. The molecule has 3 nitrogen and oxygen atoms in total. The van der Waals surface area contributed by atoms with Crippen LogP contribution in [-0.4, -0.2) is 24.6 Å². The van der Waals surface area contributed by atoms with E-state index in [0.717, 1.165) is 30.2 Å². The Bertz CT molecular complexity index is 514. The molecule has 0 saturated heterocycles. The topological polar surface area (TPSA) is 35.5 Å². The maximum atomic E-state index is 12.4. The Morgan fingerprint density at radius 3 is 3.05 bits per heavy atom. The number of methoxy groups -OCH3 is 1. The normalized spacial score (nSPS) is 30.0. The average molecular weight is 325 g/mol. The minimum Gasteiger partial charge on any atom is -0.483 e. The predicted molar refractivity (Wildman–Crippen MR) is 75.7 cm³/mol. The first-order chi connectivity index (χ1) is 9.14. The van der Waals surface area contributed by atoms with Crippen LogP contribution in [0, 0.1) is 0 Å². The molecular formula is C15H17BrO3. The van der Waals surface area contributed by atoms with Gasteiger partial charge in [-0.05, 0) is 37.5 Å². The molecule has 0 radical (unpaired) electrons. The standard InChI is InChI=1S/C15H17BrO3/c1-18-14-4-2-3-7-15(14)9-12(17)11-8-10(16)5-6-13(11)19-15/h5-6,8,14H,2-4,7,9H2,1H3. The van der Waals surface area contributed by atoms with Crippen molar-refractivity contribution in [3.8, 4) is 5.75 Å². The fourth-order valence-corrected chi connectivity index (χ4v) is 3.62. The van der Waals surface area contributed by atoms with E-state index in [9.17, 15) is 4.79 Å². The monoisotopic (exact) mass is 324 g/mol. The maximum Gasteiger partial charge on any atom is 0.170 e. The fourth-order valence-electron chi connectivity index (χ4n) is 3.26. The zero-order valence-electron chi connectivity index (χ0n) is 10.9. The highest BCUT2D eigenvalue weighted by Gasteiger charge is 2.48. The van der Waals surface area contributed by atoms with Gasteiger partial charge in [0.15, 0.2) is 5.78 Å². The van der Waals surface area contributed by atoms with E-state index >= 15 is 0 Å². The Hall–Kier alpha value is -0.870. The molecule has 1 aliphatic carbocycles. The number of Topliss-reactive ketones (excluding diaryl/α,β-unsaturated/α-hetero) is 1. The molecule has 0 N–H and O–H groups in total. The lowest BCUT2D eigenvalue weighted by atomic mass is 9.76. The van der Waals surface area contributed by atoms with Crippen LogP contribution in [0.4, 0.5) is 0 Å². The molecule has 1 spiro atoms. The number of hydrogen-bond acceptors (Lipinski definition) is 3. The summed E-state index contributed by atoms with van der Waals surface area (Å²) < 4.78 is 12.7.